The van der Waals surface area contributed by atoms with Crippen LogP contribution in [0.3, 0.4) is 0 Å². The molecule has 0 saturated carbocycles. The van der Waals surface area contributed by atoms with Crippen molar-refractivity contribution in [1.82, 2.24) is 4.98 Å². The highest BCUT2D eigenvalue weighted by molar-refractivity contribution is 5.99. The summed E-state index contributed by atoms with van der Waals surface area (Å²) < 4.78 is 5.63. The van der Waals surface area contributed by atoms with Crippen LogP contribution in [-0.4, -0.2) is 24.2 Å². The molecule has 1 fully saturated rings. The van der Waals surface area contributed by atoms with Crippen LogP contribution < -0.4 is 11.1 Å². The van der Waals surface area contributed by atoms with E-state index >= 15 is 0 Å². The molecule has 1 aromatic heterocycles. The van der Waals surface area contributed by atoms with Gasteiger partial charge in [0.25, 0.3) is 0 Å². The highest BCUT2D eigenvalue weighted by atomic mass is 16.5. The van der Waals surface area contributed by atoms with Gasteiger partial charge in [-0.2, -0.15) is 0 Å². The van der Waals surface area contributed by atoms with Crippen molar-refractivity contribution in [1.29, 1.82) is 0 Å². The van der Waals surface area contributed by atoms with Crippen molar-refractivity contribution in [3.63, 3.8) is 0 Å². The van der Waals surface area contributed by atoms with Crippen molar-refractivity contribution in [2.45, 2.75) is 25.9 Å². The van der Waals surface area contributed by atoms with E-state index in [9.17, 15) is 0 Å². The van der Waals surface area contributed by atoms with Crippen molar-refractivity contribution in [2.75, 3.05) is 24.2 Å². The third kappa shape index (κ3) is 2.49. The van der Waals surface area contributed by atoms with Gasteiger partial charge in [-0.05, 0) is 31.9 Å². The molecule has 0 bridgehead atoms. The summed E-state index contributed by atoms with van der Waals surface area (Å²) in [6.07, 6.45) is 2.58. The van der Waals surface area contributed by atoms with E-state index in [1.54, 1.807) is 0 Å². The lowest BCUT2D eigenvalue weighted by molar-refractivity contribution is 0.120. The molecule has 2 heterocycles. The topological polar surface area (TPSA) is 60.2 Å². The Labute approximate surface area is 113 Å². The van der Waals surface area contributed by atoms with E-state index in [1.165, 1.54) is 0 Å². The first-order valence-corrected chi connectivity index (χ1v) is 6.75. The molecule has 3 rings (SSSR count). The fourth-order valence-electron chi connectivity index (χ4n) is 2.58. The van der Waals surface area contributed by atoms with Crippen molar-refractivity contribution in [3.8, 4) is 0 Å². The molecule has 1 atom stereocenters. The number of pyridine rings is 1. The van der Waals surface area contributed by atoms with Crippen LogP contribution in [0, 0.1) is 6.92 Å². The molecule has 1 saturated heterocycles. The summed E-state index contributed by atoms with van der Waals surface area (Å²) in [5, 5.41) is 5.54. The molecule has 1 aliphatic rings. The lowest BCUT2D eigenvalue weighted by Crippen LogP contribution is -2.19. The molecular formula is C15H19N3O. The Hall–Kier alpha value is -1.81. The van der Waals surface area contributed by atoms with Gasteiger partial charge in [-0.25, -0.2) is 4.98 Å². The van der Waals surface area contributed by atoms with E-state index in [0.717, 1.165) is 54.0 Å². The SMILES string of the molecule is Cc1cc2c(N)cccc2c(NCC2CCCO2)n1. The number of anilines is 2. The number of fused-ring (bicyclic) bond motifs is 1. The molecule has 1 aromatic carbocycles. The minimum absolute atomic E-state index is 0.304. The van der Waals surface area contributed by atoms with E-state index in [-0.39, 0.29) is 0 Å². The van der Waals surface area contributed by atoms with Crippen LogP contribution in [-0.2, 0) is 4.74 Å². The zero-order valence-electron chi connectivity index (χ0n) is 11.1. The van der Waals surface area contributed by atoms with Gasteiger partial charge in [-0.3, -0.25) is 0 Å². The number of nitrogens with zero attached hydrogens (tertiary/aromatic N) is 1. The minimum atomic E-state index is 0.304. The number of benzene rings is 1. The molecule has 0 aliphatic carbocycles. The molecule has 100 valence electrons. The lowest BCUT2D eigenvalue weighted by Gasteiger charge is -2.14. The number of aromatic nitrogens is 1. The number of nitrogens with two attached hydrogens (primary N) is 1. The van der Waals surface area contributed by atoms with Gasteiger partial charge in [0.2, 0.25) is 0 Å². The molecule has 0 amide bonds. The van der Waals surface area contributed by atoms with Crippen LogP contribution in [0.1, 0.15) is 18.5 Å². The fourth-order valence-corrected chi connectivity index (χ4v) is 2.58. The van der Waals surface area contributed by atoms with E-state index < -0.39 is 0 Å². The molecular weight excluding hydrogens is 238 g/mol. The summed E-state index contributed by atoms with van der Waals surface area (Å²) in [7, 11) is 0. The first kappa shape index (κ1) is 12.2. The normalized spacial score (nSPS) is 18.9. The first-order chi connectivity index (χ1) is 9.24. The molecule has 0 spiro atoms. The zero-order chi connectivity index (χ0) is 13.2. The zero-order valence-corrected chi connectivity index (χ0v) is 11.1. The second-order valence-electron chi connectivity index (χ2n) is 5.07. The van der Waals surface area contributed by atoms with Gasteiger partial charge >= 0.3 is 0 Å². The van der Waals surface area contributed by atoms with Crippen LogP contribution in [0.4, 0.5) is 11.5 Å². The summed E-state index contributed by atoms with van der Waals surface area (Å²) >= 11 is 0. The van der Waals surface area contributed by atoms with E-state index in [2.05, 4.69) is 16.4 Å². The van der Waals surface area contributed by atoms with Gasteiger partial charge in [0.1, 0.15) is 5.82 Å². The third-order valence-corrected chi connectivity index (χ3v) is 3.56. The second kappa shape index (κ2) is 5.05. The molecule has 2 aromatic rings. The quantitative estimate of drug-likeness (QED) is 0.830. The monoisotopic (exact) mass is 257 g/mol. The van der Waals surface area contributed by atoms with Gasteiger partial charge in [-0.15, -0.1) is 0 Å². The molecule has 1 unspecified atom stereocenters. The van der Waals surface area contributed by atoms with Gasteiger partial charge < -0.3 is 15.8 Å². The van der Waals surface area contributed by atoms with Crippen molar-refractivity contribution in [2.24, 2.45) is 0 Å². The Balaban J connectivity index is 1.91. The summed E-state index contributed by atoms with van der Waals surface area (Å²) in [4.78, 5) is 4.58. The highest BCUT2D eigenvalue weighted by Crippen LogP contribution is 2.27. The van der Waals surface area contributed by atoms with Gasteiger partial charge in [0.05, 0.1) is 6.10 Å². The maximum atomic E-state index is 6.03. The number of ether oxygens (including phenoxy) is 1. The molecule has 3 N–H and O–H groups in total. The number of rotatable bonds is 3. The average Bonchev–Trinajstić information content (AvgIpc) is 2.90. The number of nitrogens with one attached hydrogen (secondary N) is 1. The van der Waals surface area contributed by atoms with Crippen molar-refractivity contribution >= 4 is 22.3 Å². The molecule has 19 heavy (non-hydrogen) atoms. The molecule has 0 radical (unpaired) electrons. The number of nitrogen functional groups attached to an aromatic ring is 1. The predicted molar refractivity (Wildman–Crippen MR) is 78.4 cm³/mol. The van der Waals surface area contributed by atoms with Crippen molar-refractivity contribution < 1.29 is 4.74 Å². The largest absolute Gasteiger partial charge is 0.398 e. The summed E-state index contributed by atoms with van der Waals surface area (Å²) in [5.41, 5.74) is 7.80. The number of aryl methyl sites for hydroxylation is 1. The Morgan fingerprint density at radius 2 is 2.32 bits per heavy atom. The predicted octanol–water partition coefficient (Wildman–Crippen LogP) is 2.72. The molecule has 4 heteroatoms. The van der Waals surface area contributed by atoms with Crippen LogP contribution in [0.25, 0.3) is 10.8 Å². The molecule has 1 aliphatic heterocycles. The standard InChI is InChI=1S/C15H19N3O/c1-10-8-13-12(5-2-6-14(13)16)15(18-10)17-9-11-4-3-7-19-11/h2,5-6,8,11H,3-4,7,9,16H2,1H3,(H,17,18). The third-order valence-electron chi connectivity index (χ3n) is 3.56. The Kier molecular flexibility index (Phi) is 3.25. The number of hydrogen-bond acceptors (Lipinski definition) is 4. The van der Waals surface area contributed by atoms with E-state index in [0.29, 0.717) is 6.10 Å². The van der Waals surface area contributed by atoms with E-state index in [1.807, 2.05) is 25.1 Å². The van der Waals surface area contributed by atoms with Crippen molar-refractivity contribution in [3.05, 3.63) is 30.0 Å². The Morgan fingerprint density at radius 1 is 1.42 bits per heavy atom. The maximum absolute atomic E-state index is 6.03. The van der Waals surface area contributed by atoms with Crippen LogP contribution >= 0.6 is 0 Å². The van der Waals surface area contributed by atoms with Gasteiger partial charge in [0, 0.05) is 35.3 Å². The van der Waals surface area contributed by atoms with Gasteiger partial charge in [0.15, 0.2) is 0 Å². The Morgan fingerprint density at radius 3 is 3.11 bits per heavy atom. The number of hydrogen-bond donors (Lipinski definition) is 2. The fraction of sp³-hybridized carbons (Fsp3) is 0.400. The summed E-state index contributed by atoms with van der Waals surface area (Å²) in [6, 6.07) is 7.97. The average molecular weight is 257 g/mol. The van der Waals surface area contributed by atoms with Crippen LogP contribution in [0.15, 0.2) is 24.3 Å². The van der Waals surface area contributed by atoms with E-state index in [4.69, 9.17) is 10.5 Å². The minimum Gasteiger partial charge on any atom is -0.398 e. The van der Waals surface area contributed by atoms with Gasteiger partial charge in [-0.1, -0.05) is 12.1 Å². The summed E-state index contributed by atoms with van der Waals surface area (Å²) in [5.74, 6) is 0.901. The highest BCUT2D eigenvalue weighted by Gasteiger charge is 2.16. The van der Waals surface area contributed by atoms with Crippen LogP contribution in [0.2, 0.25) is 0 Å². The first-order valence-electron chi connectivity index (χ1n) is 6.75. The lowest BCUT2D eigenvalue weighted by atomic mass is 10.1. The Bertz CT molecular complexity index is 591. The maximum Gasteiger partial charge on any atom is 0.134 e. The van der Waals surface area contributed by atoms with Crippen LogP contribution in [0.5, 0.6) is 0 Å². The summed E-state index contributed by atoms with van der Waals surface area (Å²) in [6.45, 7) is 3.67. The second-order valence-corrected chi connectivity index (χ2v) is 5.07. The molecule has 4 nitrogen and oxygen atoms in total. The smallest absolute Gasteiger partial charge is 0.134 e.